The summed E-state index contributed by atoms with van der Waals surface area (Å²) in [6, 6.07) is 10.0. The van der Waals surface area contributed by atoms with Crippen LogP contribution in [0.2, 0.25) is 0 Å². The van der Waals surface area contributed by atoms with Crippen molar-refractivity contribution in [3.8, 4) is 11.4 Å². The van der Waals surface area contributed by atoms with E-state index in [1.54, 1.807) is 0 Å². The molecule has 0 saturated heterocycles. The zero-order valence-corrected chi connectivity index (χ0v) is 11.4. The van der Waals surface area contributed by atoms with Crippen LogP contribution in [0, 0.1) is 11.8 Å². The molecule has 3 unspecified atom stereocenters. The van der Waals surface area contributed by atoms with E-state index in [0.29, 0.717) is 17.7 Å². The summed E-state index contributed by atoms with van der Waals surface area (Å²) in [6.07, 6.45) is 5.27. The molecular weight excluding hydrogens is 248 g/mol. The second kappa shape index (κ2) is 4.54. The summed E-state index contributed by atoms with van der Waals surface area (Å²) in [5.74, 6) is 4.08. The minimum atomic E-state index is 0.344. The molecule has 2 aliphatic carbocycles. The van der Waals surface area contributed by atoms with Crippen molar-refractivity contribution in [2.24, 2.45) is 11.8 Å². The van der Waals surface area contributed by atoms with Gasteiger partial charge >= 0.3 is 0 Å². The van der Waals surface area contributed by atoms with Crippen LogP contribution in [0.4, 0.5) is 5.95 Å². The fourth-order valence-corrected chi connectivity index (χ4v) is 3.85. The fourth-order valence-electron chi connectivity index (χ4n) is 3.85. The lowest BCUT2D eigenvalue weighted by atomic mass is 9.88. The molecule has 2 N–H and O–H groups in total. The SMILES string of the molecule is Nc1nc(-c2ccccc2)nc(C2CC3CCC2C3)n1. The number of hydrogen-bond acceptors (Lipinski definition) is 4. The third-order valence-corrected chi connectivity index (χ3v) is 4.77. The molecule has 2 fully saturated rings. The Labute approximate surface area is 118 Å². The number of nitrogens with zero attached hydrogens (tertiary/aromatic N) is 3. The van der Waals surface area contributed by atoms with Gasteiger partial charge in [-0.05, 0) is 31.1 Å². The molecular formula is C16H18N4. The van der Waals surface area contributed by atoms with Crippen molar-refractivity contribution in [2.45, 2.75) is 31.6 Å². The highest BCUT2D eigenvalue weighted by Crippen LogP contribution is 2.52. The Morgan fingerprint density at radius 3 is 2.50 bits per heavy atom. The smallest absolute Gasteiger partial charge is 0.223 e. The van der Waals surface area contributed by atoms with Crippen LogP contribution in [0.15, 0.2) is 30.3 Å². The number of aromatic nitrogens is 3. The van der Waals surface area contributed by atoms with E-state index >= 15 is 0 Å². The van der Waals surface area contributed by atoms with E-state index in [-0.39, 0.29) is 0 Å². The Hall–Kier alpha value is -1.97. The van der Waals surface area contributed by atoms with E-state index in [1.807, 2.05) is 30.3 Å². The Kier molecular flexibility index (Phi) is 2.69. The average molecular weight is 266 g/mol. The Bertz CT molecular complexity index is 626. The standard InChI is InChI=1S/C16H18N4/c17-16-19-14(11-4-2-1-3-5-11)18-15(20-16)13-9-10-6-7-12(13)8-10/h1-5,10,12-13H,6-9H2,(H2,17,18,19,20). The molecule has 2 aromatic rings. The van der Waals surface area contributed by atoms with Gasteiger partial charge in [0.1, 0.15) is 5.82 Å². The summed E-state index contributed by atoms with van der Waals surface area (Å²) in [4.78, 5) is 13.4. The lowest BCUT2D eigenvalue weighted by molar-refractivity contribution is 0.405. The molecule has 2 saturated carbocycles. The van der Waals surface area contributed by atoms with Crippen molar-refractivity contribution in [3.05, 3.63) is 36.2 Å². The maximum atomic E-state index is 5.90. The average Bonchev–Trinajstić information content (AvgIpc) is 3.10. The number of nitrogens with two attached hydrogens (primary N) is 1. The van der Waals surface area contributed by atoms with Crippen LogP contribution < -0.4 is 5.73 Å². The summed E-state index contributed by atoms with van der Waals surface area (Å²) in [6.45, 7) is 0. The molecule has 4 nitrogen and oxygen atoms in total. The molecule has 2 bridgehead atoms. The van der Waals surface area contributed by atoms with Gasteiger partial charge in [-0.1, -0.05) is 36.8 Å². The van der Waals surface area contributed by atoms with Gasteiger partial charge in [0.2, 0.25) is 5.95 Å². The number of hydrogen-bond donors (Lipinski definition) is 1. The van der Waals surface area contributed by atoms with Crippen LogP contribution in [0.25, 0.3) is 11.4 Å². The van der Waals surface area contributed by atoms with Crippen LogP contribution in [0.5, 0.6) is 0 Å². The molecule has 4 heteroatoms. The molecule has 4 rings (SSSR count). The molecule has 1 heterocycles. The second-order valence-corrected chi connectivity index (χ2v) is 6.02. The molecule has 102 valence electrons. The van der Waals surface area contributed by atoms with Crippen molar-refractivity contribution in [3.63, 3.8) is 0 Å². The van der Waals surface area contributed by atoms with Crippen LogP contribution in [0.3, 0.4) is 0 Å². The van der Waals surface area contributed by atoms with Crippen LogP contribution in [0.1, 0.15) is 37.4 Å². The van der Waals surface area contributed by atoms with E-state index in [2.05, 4.69) is 9.97 Å². The van der Waals surface area contributed by atoms with Crippen LogP contribution in [-0.2, 0) is 0 Å². The summed E-state index contributed by atoms with van der Waals surface area (Å²) < 4.78 is 0. The predicted octanol–water partition coefficient (Wildman–Crippen LogP) is 3.02. The van der Waals surface area contributed by atoms with Crippen molar-refractivity contribution in [2.75, 3.05) is 5.73 Å². The molecule has 0 radical (unpaired) electrons. The summed E-state index contributed by atoms with van der Waals surface area (Å²) in [5, 5.41) is 0. The zero-order chi connectivity index (χ0) is 13.5. The van der Waals surface area contributed by atoms with Crippen molar-refractivity contribution in [1.29, 1.82) is 0 Å². The van der Waals surface area contributed by atoms with Crippen LogP contribution >= 0.6 is 0 Å². The topological polar surface area (TPSA) is 64.7 Å². The predicted molar refractivity (Wildman–Crippen MR) is 77.9 cm³/mol. The first-order valence-corrected chi connectivity index (χ1v) is 7.36. The van der Waals surface area contributed by atoms with E-state index in [0.717, 1.165) is 23.2 Å². The van der Waals surface area contributed by atoms with E-state index in [1.165, 1.54) is 25.7 Å². The fraction of sp³-hybridized carbons (Fsp3) is 0.438. The van der Waals surface area contributed by atoms with Crippen molar-refractivity contribution < 1.29 is 0 Å². The van der Waals surface area contributed by atoms with Gasteiger partial charge in [0, 0.05) is 11.5 Å². The molecule has 2 aliphatic rings. The van der Waals surface area contributed by atoms with Gasteiger partial charge in [-0.2, -0.15) is 9.97 Å². The maximum absolute atomic E-state index is 5.90. The third-order valence-electron chi connectivity index (χ3n) is 4.77. The Morgan fingerprint density at radius 2 is 1.80 bits per heavy atom. The molecule has 0 spiro atoms. The number of rotatable bonds is 2. The number of fused-ring (bicyclic) bond motifs is 2. The summed E-state index contributed by atoms with van der Waals surface area (Å²) >= 11 is 0. The van der Waals surface area contributed by atoms with Crippen LogP contribution in [-0.4, -0.2) is 15.0 Å². The largest absolute Gasteiger partial charge is 0.368 e. The minimum absolute atomic E-state index is 0.344. The highest BCUT2D eigenvalue weighted by Gasteiger charge is 2.41. The maximum Gasteiger partial charge on any atom is 0.223 e. The van der Waals surface area contributed by atoms with Gasteiger partial charge in [-0.15, -0.1) is 0 Å². The molecule has 0 aliphatic heterocycles. The van der Waals surface area contributed by atoms with Crippen molar-refractivity contribution >= 4 is 5.95 Å². The first-order chi connectivity index (χ1) is 9.79. The summed E-state index contributed by atoms with van der Waals surface area (Å²) in [7, 11) is 0. The Morgan fingerprint density at radius 1 is 0.950 bits per heavy atom. The lowest BCUT2D eigenvalue weighted by Crippen LogP contribution is -2.14. The normalized spacial score (nSPS) is 27.9. The monoisotopic (exact) mass is 266 g/mol. The van der Waals surface area contributed by atoms with Gasteiger partial charge in [0.05, 0.1) is 0 Å². The highest BCUT2D eigenvalue weighted by atomic mass is 15.1. The second-order valence-electron chi connectivity index (χ2n) is 6.02. The molecule has 1 aromatic heterocycles. The first-order valence-electron chi connectivity index (χ1n) is 7.36. The van der Waals surface area contributed by atoms with Gasteiger partial charge in [-0.25, -0.2) is 4.98 Å². The van der Waals surface area contributed by atoms with E-state index in [9.17, 15) is 0 Å². The molecule has 20 heavy (non-hydrogen) atoms. The molecule has 1 aromatic carbocycles. The van der Waals surface area contributed by atoms with Crippen molar-refractivity contribution in [1.82, 2.24) is 15.0 Å². The summed E-state index contributed by atoms with van der Waals surface area (Å²) in [5.41, 5.74) is 6.91. The lowest BCUT2D eigenvalue weighted by Gasteiger charge is -2.20. The highest BCUT2D eigenvalue weighted by molar-refractivity contribution is 5.55. The first kappa shape index (κ1) is 11.8. The third kappa shape index (κ3) is 1.96. The quantitative estimate of drug-likeness (QED) is 0.907. The number of anilines is 1. The molecule has 3 atom stereocenters. The number of benzene rings is 1. The van der Waals surface area contributed by atoms with E-state index in [4.69, 9.17) is 10.7 Å². The zero-order valence-electron chi connectivity index (χ0n) is 11.4. The van der Waals surface area contributed by atoms with Gasteiger partial charge < -0.3 is 5.73 Å². The number of nitrogen functional groups attached to an aromatic ring is 1. The Balaban J connectivity index is 1.73. The van der Waals surface area contributed by atoms with Gasteiger partial charge in [-0.3, -0.25) is 0 Å². The van der Waals surface area contributed by atoms with E-state index < -0.39 is 0 Å². The van der Waals surface area contributed by atoms with Gasteiger partial charge in [0.15, 0.2) is 5.82 Å². The minimum Gasteiger partial charge on any atom is -0.368 e. The van der Waals surface area contributed by atoms with Gasteiger partial charge in [0.25, 0.3) is 0 Å². The molecule has 0 amide bonds.